The Morgan fingerprint density at radius 2 is 2.45 bits per heavy atom. The molecule has 60 valence electrons. The molecule has 5 heteroatoms. The van der Waals surface area contributed by atoms with Crippen molar-refractivity contribution in [3.05, 3.63) is 18.5 Å². The van der Waals surface area contributed by atoms with Crippen molar-refractivity contribution in [3.63, 3.8) is 0 Å². The SMILES string of the molecule is O=C(O)C(O)Cn1cccn1. The molecule has 11 heavy (non-hydrogen) atoms. The summed E-state index contributed by atoms with van der Waals surface area (Å²) in [5.74, 6) is -1.24. The number of hydrogen-bond acceptors (Lipinski definition) is 3. The van der Waals surface area contributed by atoms with Gasteiger partial charge >= 0.3 is 5.97 Å². The number of aliphatic carboxylic acids is 1. The highest BCUT2D eigenvalue weighted by molar-refractivity contribution is 5.71. The lowest BCUT2D eigenvalue weighted by Crippen LogP contribution is -2.25. The third-order valence-electron chi connectivity index (χ3n) is 1.20. The molecule has 1 atom stereocenters. The first kappa shape index (κ1) is 7.74. The van der Waals surface area contributed by atoms with Crippen LogP contribution in [0.1, 0.15) is 0 Å². The summed E-state index contributed by atoms with van der Waals surface area (Å²) < 4.78 is 1.36. The van der Waals surface area contributed by atoms with E-state index in [4.69, 9.17) is 10.2 Å². The topological polar surface area (TPSA) is 75.3 Å². The smallest absolute Gasteiger partial charge is 0.334 e. The molecule has 1 unspecified atom stereocenters. The lowest BCUT2D eigenvalue weighted by Gasteiger charge is -2.03. The fourth-order valence-corrected chi connectivity index (χ4v) is 0.664. The average molecular weight is 156 g/mol. The molecule has 1 heterocycles. The first-order valence-corrected chi connectivity index (χ1v) is 3.08. The van der Waals surface area contributed by atoms with Gasteiger partial charge in [0.25, 0.3) is 0 Å². The van der Waals surface area contributed by atoms with Gasteiger partial charge in [-0.2, -0.15) is 5.10 Å². The molecule has 0 aliphatic carbocycles. The maximum Gasteiger partial charge on any atom is 0.334 e. The Morgan fingerprint density at radius 3 is 2.91 bits per heavy atom. The van der Waals surface area contributed by atoms with Gasteiger partial charge in [0, 0.05) is 12.4 Å². The number of carbonyl (C=O) groups is 1. The Morgan fingerprint density at radius 1 is 1.73 bits per heavy atom. The van der Waals surface area contributed by atoms with Crippen LogP contribution in [-0.2, 0) is 11.3 Å². The Kier molecular flexibility index (Phi) is 2.22. The summed E-state index contributed by atoms with van der Waals surface area (Å²) in [6, 6.07) is 1.66. The number of rotatable bonds is 3. The zero-order valence-electron chi connectivity index (χ0n) is 5.71. The quantitative estimate of drug-likeness (QED) is 0.608. The van der Waals surface area contributed by atoms with E-state index < -0.39 is 12.1 Å². The Bertz CT molecular complexity index is 232. The van der Waals surface area contributed by atoms with Crippen LogP contribution in [0.5, 0.6) is 0 Å². The minimum absolute atomic E-state index is 0.0116. The number of aromatic nitrogens is 2. The van der Waals surface area contributed by atoms with Gasteiger partial charge in [0.15, 0.2) is 6.10 Å². The van der Waals surface area contributed by atoms with Gasteiger partial charge in [-0.3, -0.25) is 4.68 Å². The lowest BCUT2D eigenvalue weighted by atomic mass is 10.4. The van der Waals surface area contributed by atoms with E-state index in [0.717, 1.165) is 0 Å². The van der Waals surface area contributed by atoms with Gasteiger partial charge in [-0.1, -0.05) is 0 Å². The predicted molar refractivity (Wildman–Crippen MR) is 35.9 cm³/mol. The van der Waals surface area contributed by atoms with Crippen LogP contribution in [0.25, 0.3) is 0 Å². The molecule has 0 fully saturated rings. The highest BCUT2D eigenvalue weighted by atomic mass is 16.4. The molecule has 0 amide bonds. The minimum atomic E-state index is -1.38. The lowest BCUT2D eigenvalue weighted by molar-refractivity contribution is -0.147. The van der Waals surface area contributed by atoms with E-state index in [1.807, 2.05) is 0 Å². The summed E-state index contributed by atoms with van der Waals surface area (Å²) in [6.45, 7) is -0.0116. The number of aliphatic hydroxyl groups is 1. The highest BCUT2D eigenvalue weighted by Crippen LogP contribution is 1.90. The molecule has 1 aromatic rings. The fourth-order valence-electron chi connectivity index (χ4n) is 0.664. The first-order valence-electron chi connectivity index (χ1n) is 3.08. The summed E-state index contributed by atoms with van der Waals surface area (Å²) in [7, 11) is 0. The van der Waals surface area contributed by atoms with Crippen molar-refractivity contribution in [2.75, 3.05) is 0 Å². The summed E-state index contributed by atoms with van der Waals surface area (Å²) in [5.41, 5.74) is 0. The van der Waals surface area contributed by atoms with E-state index in [-0.39, 0.29) is 6.54 Å². The van der Waals surface area contributed by atoms with Crippen LogP contribution in [0.15, 0.2) is 18.5 Å². The third-order valence-corrected chi connectivity index (χ3v) is 1.20. The number of carboxylic acids is 1. The van der Waals surface area contributed by atoms with Crippen LogP contribution in [0, 0.1) is 0 Å². The van der Waals surface area contributed by atoms with Gasteiger partial charge in [0.1, 0.15) is 0 Å². The monoisotopic (exact) mass is 156 g/mol. The first-order chi connectivity index (χ1) is 5.20. The summed E-state index contributed by atoms with van der Waals surface area (Å²) in [4.78, 5) is 10.1. The number of carboxylic acid groups (broad SMARTS) is 1. The van der Waals surface area contributed by atoms with Crippen LogP contribution in [0.3, 0.4) is 0 Å². The molecule has 0 aliphatic rings. The maximum absolute atomic E-state index is 10.1. The Labute approximate surface area is 62.9 Å². The van der Waals surface area contributed by atoms with Crippen LogP contribution in [-0.4, -0.2) is 32.1 Å². The molecule has 0 bridgehead atoms. The molecule has 5 nitrogen and oxygen atoms in total. The van der Waals surface area contributed by atoms with E-state index in [1.54, 1.807) is 12.3 Å². The maximum atomic E-state index is 10.1. The van der Waals surface area contributed by atoms with E-state index in [0.29, 0.717) is 0 Å². The van der Waals surface area contributed by atoms with Crippen molar-refractivity contribution in [3.8, 4) is 0 Å². The molecular formula is C6H8N2O3. The number of aliphatic hydroxyl groups excluding tert-OH is 1. The second kappa shape index (κ2) is 3.16. The summed E-state index contributed by atoms with van der Waals surface area (Å²) in [5, 5.41) is 20.9. The normalized spacial score (nSPS) is 12.8. The molecule has 0 spiro atoms. The molecule has 1 rings (SSSR count). The van der Waals surface area contributed by atoms with E-state index in [9.17, 15) is 4.79 Å². The van der Waals surface area contributed by atoms with Crippen molar-refractivity contribution in [2.45, 2.75) is 12.6 Å². The van der Waals surface area contributed by atoms with Crippen LogP contribution < -0.4 is 0 Å². The van der Waals surface area contributed by atoms with Crippen molar-refractivity contribution in [1.29, 1.82) is 0 Å². The van der Waals surface area contributed by atoms with Crippen molar-refractivity contribution in [1.82, 2.24) is 9.78 Å². The molecule has 0 saturated carbocycles. The minimum Gasteiger partial charge on any atom is -0.479 e. The molecule has 0 radical (unpaired) electrons. The van der Waals surface area contributed by atoms with Crippen LogP contribution in [0.4, 0.5) is 0 Å². The third kappa shape index (κ3) is 2.05. The van der Waals surface area contributed by atoms with Crippen LogP contribution in [0.2, 0.25) is 0 Å². The fraction of sp³-hybridized carbons (Fsp3) is 0.333. The number of hydrogen-bond donors (Lipinski definition) is 2. The van der Waals surface area contributed by atoms with Crippen LogP contribution >= 0.6 is 0 Å². The summed E-state index contributed by atoms with van der Waals surface area (Å²) >= 11 is 0. The van der Waals surface area contributed by atoms with Gasteiger partial charge in [-0.25, -0.2) is 4.79 Å². The molecule has 2 N–H and O–H groups in total. The standard InChI is InChI=1S/C6H8N2O3/c9-5(6(10)11)4-8-3-1-2-7-8/h1-3,5,9H,4H2,(H,10,11). The van der Waals surface area contributed by atoms with Crippen molar-refractivity contribution < 1.29 is 15.0 Å². The van der Waals surface area contributed by atoms with E-state index >= 15 is 0 Å². The molecule has 0 aliphatic heterocycles. The summed E-state index contributed by atoms with van der Waals surface area (Å²) in [6.07, 6.45) is 1.73. The zero-order valence-corrected chi connectivity index (χ0v) is 5.71. The molecule has 0 aromatic carbocycles. The van der Waals surface area contributed by atoms with Gasteiger partial charge in [0.2, 0.25) is 0 Å². The largest absolute Gasteiger partial charge is 0.479 e. The Hall–Kier alpha value is -1.36. The van der Waals surface area contributed by atoms with Crippen molar-refractivity contribution >= 4 is 5.97 Å². The van der Waals surface area contributed by atoms with Crippen molar-refractivity contribution in [2.24, 2.45) is 0 Å². The molecular weight excluding hydrogens is 148 g/mol. The van der Waals surface area contributed by atoms with Gasteiger partial charge in [0.05, 0.1) is 6.54 Å². The van der Waals surface area contributed by atoms with Gasteiger partial charge in [-0.05, 0) is 6.07 Å². The second-order valence-electron chi connectivity index (χ2n) is 2.08. The molecule has 0 saturated heterocycles. The average Bonchev–Trinajstić information content (AvgIpc) is 2.39. The Balaban J connectivity index is 2.50. The zero-order chi connectivity index (χ0) is 8.27. The van der Waals surface area contributed by atoms with E-state index in [1.165, 1.54) is 10.9 Å². The molecule has 1 aromatic heterocycles. The van der Waals surface area contributed by atoms with Gasteiger partial charge in [-0.15, -0.1) is 0 Å². The second-order valence-corrected chi connectivity index (χ2v) is 2.08. The number of nitrogens with zero attached hydrogens (tertiary/aromatic N) is 2. The highest BCUT2D eigenvalue weighted by Gasteiger charge is 2.12. The van der Waals surface area contributed by atoms with Gasteiger partial charge < -0.3 is 10.2 Å². The predicted octanol–water partition coefficient (Wildman–Crippen LogP) is -0.671. The van der Waals surface area contributed by atoms with E-state index in [2.05, 4.69) is 5.10 Å².